The molecule has 0 aliphatic heterocycles. The molecule has 0 N–H and O–H groups in total. The fraction of sp³-hybridized carbons (Fsp3) is 0.200. The summed E-state index contributed by atoms with van der Waals surface area (Å²) >= 11 is 12.4. The molecule has 26 heavy (non-hydrogen) atoms. The zero-order valence-corrected chi connectivity index (χ0v) is 16.0. The number of carbonyl (C=O) groups is 1. The Morgan fingerprint density at radius 1 is 1.12 bits per heavy atom. The lowest BCUT2D eigenvalue weighted by atomic mass is 10.0. The Balaban J connectivity index is 2.30. The average Bonchev–Trinajstić information content (AvgIpc) is 3.02. The third-order valence-corrected chi connectivity index (χ3v) is 4.53. The zero-order valence-electron chi connectivity index (χ0n) is 14.5. The Hall–Kier alpha value is -2.30. The molecule has 0 saturated heterocycles. The van der Waals surface area contributed by atoms with Crippen LogP contribution in [-0.4, -0.2) is 22.4 Å². The summed E-state index contributed by atoms with van der Waals surface area (Å²) in [5.74, 6) is -0.439. The maximum atomic E-state index is 12.4. The number of hydrogen-bond donors (Lipinski definition) is 0. The predicted molar refractivity (Wildman–Crippen MR) is 104 cm³/mol. The van der Waals surface area contributed by atoms with Gasteiger partial charge in [0.2, 0.25) is 0 Å². The highest BCUT2D eigenvalue weighted by molar-refractivity contribution is 6.35. The van der Waals surface area contributed by atoms with Crippen molar-refractivity contribution < 1.29 is 9.53 Å². The average molecular weight is 389 g/mol. The molecule has 0 saturated carbocycles. The second-order valence-electron chi connectivity index (χ2n) is 5.62. The van der Waals surface area contributed by atoms with Crippen LogP contribution in [0.4, 0.5) is 0 Å². The fourth-order valence-corrected chi connectivity index (χ4v) is 3.36. The van der Waals surface area contributed by atoms with E-state index in [2.05, 4.69) is 5.10 Å². The van der Waals surface area contributed by atoms with Crippen LogP contribution in [0.25, 0.3) is 16.9 Å². The smallest absolute Gasteiger partial charge is 0.359 e. The summed E-state index contributed by atoms with van der Waals surface area (Å²) in [4.78, 5) is 12.4. The van der Waals surface area contributed by atoms with E-state index >= 15 is 0 Å². The Morgan fingerprint density at radius 3 is 2.46 bits per heavy atom. The lowest BCUT2D eigenvalue weighted by molar-refractivity contribution is 0.0517. The molecular weight excluding hydrogens is 371 g/mol. The molecule has 2 aromatic carbocycles. The molecule has 0 fully saturated rings. The van der Waals surface area contributed by atoms with Gasteiger partial charge in [-0.3, -0.25) is 0 Å². The second kappa shape index (κ2) is 7.94. The molecule has 0 bridgehead atoms. The van der Waals surface area contributed by atoms with E-state index in [0.29, 0.717) is 27.8 Å². The Labute approximate surface area is 162 Å². The van der Waals surface area contributed by atoms with Crippen molar-refractivity contribution in [2.24, 2.45) is 0 Å². The summed E-state index contributed by atoms with van der Waals surface area (Å²) in [5.41, 5.74) is 3.54. The van der Waals surface area contributed by atoms with Crippen molar-refractivity contribution in [3.05, 3.63) is 69.8 Å². The quantitative estimate of drug-likeness (QED) is 0.535. The first kappa shape index (κ1) is 18.5. The van der Waals surface area contributed by atoms with Crippen LogP contribution in [-0.2, 0) is 11.2 Å². The Bertz CT molecular complexity index is 936. The third kappa shape index (κ3) is 3.48. The molecule has 1 aromatic heterocycles. The van der Waals surface area contributed by atoms with Crippen LogP contribution in [0.5, 0.6) is 0 Å². The van der Waals surface area contributed by atoms with Crippen LogP contribution in [0, 0.1) is 0 Å². The normalized spacial score (nSPS) is 10.8. The molecule has 0 aliphatic carbocycles. The Morgan fingerprint density at radius 2 is 1.85 bits per heavy atom. The summed E-state index contributed by atoms with van der Waals surface area (Å²) in [7, 11) is 0. The molecule has 3 aromatic rings. The van der Waals surface area contributed by atoms with Gasteiger partial charge in [0, 0.05) is 16.1 Å². The topological polar surface area (TPSA) is 44.1 Å². The van der Waals surface area contributed by atoms with Gasteiger partial charge in [-0.05, 0) is 31.5 Å². The minimum absolute atomic E-state index is 0.289. The molecule has 0 atom stereocenters. The number of halogens is 2. The molecule has 3 rings (SSSR count). The molecule has 0 radical (unpaired) electrons. The first-order valence-corrected chi connectivity index (χ1v) is 9.12. The summed E-state index contributed by atoms with van der Waals surface area (Å²) in [6.45, 7) is 4.05. The highest BCUT2D eigenvalue weighted by atomic mass is 35.5. The maximum Gasteiger partial charge on any atom is 0.359 e. The van der Waals surface area contributed by atoms with Crippen LogP contribution < -0.4 is 0 Å². The standard InChI is InChI=1S/C20H18Cl2N2O2/c1-3-15-18(20(25)26-4-2)23-24(17-11-10-14(21)12-16(17)22)19(15)13-8-6-5-7-9-13/h5-12H,3-4H2,1-2H3. The first-order chi connectivity index (χ1) is 12.6. The number of ether oxygens (including phenoxy) is 1. The van der Waals surface area contributed by atoms with Crippen LogP contribution in [0.3, 0.4) is 0 Å². The van der Waals surface area contributed by atoms with Gasteiger partial charge in [0.1, 0.15) is 0 Å². The molecule has 134 valence electrons. The highest BCUT2D eigenvalue weighted by Gasteiger charge is 2.25. The first-order valence-electron chi connectivity index (χ1n) is 8.36. The van der Waals surface area contributed by atoms with E-state index in [9.17, 15) is 4.79 Å². The summed E-state index contributed by atoms with van der Waals surface area (Å²) in [6, 6.07) is 15.0. The van der Waals surface area contributed by atoms with Gasteiger partial charge in [0.15, 0.2) is 5.69 Å². The van der Waals surface area contributed by atoms with Gasteiger partial charge in [-0.15, -0.1) is 0 Å². The molecule has 6 heteroatoms. The summed E-state index contributed by atoms with van der Waals surface area (Å²) in [6.07, 6.45) is 0.629. The van der Waals surface area contributed by atoms with Gasteiger partial charge < -0.3 is 4.74 Å². The van der Waals surface area contributed by atoms with E-state index in [-0.39, 0.29) is 6.61 Å². The van der Waals surface area contributed by atoms with E-state index in [1.165, 1.54) is 0 Å². The van der Waals surface area contributed by atoms with Crippen molar-refractivity contribution in [1.82, 2.24) is 9.78 Å². The van der Waals surface area contributed by atoms with Crippen molar-refractivity contribution in [3.63, 3.8) is 0 Å². The van der Waals surface area contributed by atoms with Crippen LogP contribution in [0.15, 0.2) is 48.5 Å². The van der Waals surface area contributed by atoms with E-state index in [0.717, 1.165) is 16.8 Å². The van der Waals surface area contributed by atoms with Gasteiger partial charge in [0.25, 0.3) is 0 Å². The van der Waals surface area contributed by atoms with E-state index in [1.807, 2.05) is 37.3 Å². The van der Waals surface area contributed by atoms with Crippen LogP contribution in [0.2, 0.25) is 10.0 Å². The SMILES string of the molecule is CCOC(=O)c1nn(-c2ccc(Cl)cc2Cl)c(-c2ccccc2)c1CC. The van der Waals surface area contributed by atoms with Crippen molar-refractivity contribution in [3.8, 4) is 16.9 Å². The predicted octanol–water partition coefficient (Wildman–Crippen LogP) is 5.59. The molecule has 1 heterocycles. The lowest BCUT2D eigenvalue weighted by Gasteiger charge is -2.11. The van der Waals surface area contributed by atoms with Gasteiger partial charge >= 0.3 is 5.97 Å². The van der Waals surface area contributed by atoms with Crippen LogP contribution >= 0.6 is 23.2 Å². The number of rotatable bonds is 5. The largest absolute Gasteiger partial charge is 0.461 e. The van der Waals surface area contributed by atoms with E-state index < -0.39 is 5.97 Å². The highest BCUT2D eigenvalue weighted by Crippen LogP contribution is 2.33. The fourth-order valence-electron chi connectivity index (χ4n) is 2.87. The number of esters is 1. The molecule has 0 unspecified atom stereocenters. The molecule has 0 aliphatic rings. The molecule has 4 nitrogen and oxygen atoms in total. The molecular formula is C20H18Cl2N2O2. The van der Waals surface area contributed by atoms with Gasteiger partial charge in [0.05, 0.1) is 23.0 Å². The Kier molecular flexibility index (Phi) is 5.64. The zero-order chi connectivity index (χ0) is 18.7. The van der Waals surface area contributed by atoms with E-state index in [4.69, 9.17) is 27.9 Å². The summed E-state index contributed by atoms with van der Waals surface area (Å²) in [5, 5.41) is 5.54. The van der Waals surface area contributed by atoms with Gasteiger partial charge in [-0.1, -0.05) is 60.5 Å². The van der Waals surface area contributed by atoms with E-state index in [1.54, 1.807) is 29.8 Å². The van der Waals surface area contributed by atoms with Crippen molar-refractivity contribution in [1.29, 1.82) is 0 Å². The minimum Gasteiger partial charge on any atom is -0.461 e. The second-order valence-corrected chi connectivity index (χ2v) is 6.47. The summed E-state index contributed by atoms with van der Waals surface area (Å²) < 4.78 is 6.88. The van der Waals surface area contributed by atoms with Gasteiger partial charge in [-0.25, -0.2) is 9.48 Å². The molecule has 0 amide bonds. The number of hydrogen-bond acceptors (Lipinski definition) is 3. The number of nitrogens with zero attached hydrogens (tertiary/aromatic N) is 2. The van der Waals surface area contributed by atoms with Gasteiger partial charge in [-0.2, -0.15) is 5.10 Å². The van der Waals surface area contributed by atoms with Crippen LogP contribution in [0.1, 0.15) is 29.9 Å². The number of carbonyl (C=O) groups excluding carboxylic acids is 1. The van der Waals surface area contributed by atoms with Crippen molar-refractivity contribution in [2.45, 2.75) is 20.3 Å². The third-order valence-electron chi connectivity index (χ3n) is 3.99. The number of benzene rings is 2. The minimum atomic E-state index is -0.439. The number of aromatic nitrogens is 2. The maximum absolute atomic E-state index is 12.4. The van der Waals surface area contributed by atoms with Crippen molar-refractivity contribution in [2.75, 3.05) is 6.61 Å². The lowest BCUT2D eigenvalue weighted by Crippen LogP contribution is -2.08. The molecule has 0 spiro atoms. The monoisotopic (exact) mass is 388 g/mol. The van der Waals surface area contributed by atoms with Crippen molar-refractivity contribution >= 4 is 29.2 Å².